The van der Waals surface area contributed by atoms with Crippen molar-refractivity contribution >= 4 is 6.03 Å². The molecule has 5 nitrogen and oxygen atoms in total. The predicted molar refractivity (Wildman–Crippen MR) is 117 cm³/mol. The summed E-state index contributed by atoms with van der Waals surface area (Å²) in [6.45, 7) is 1.17. The number of amides is 2. The lowest BCUT2D eigenvalue weighted by molar-refractivity contribution is -0.0283. The molecule has 2 N–H and O–H groups in total. The van der Waals surface area contributed by atoms with Gasteiger partial charge in [-0.15, -0.1) is 0 Å². The Morgan fingerprint density at radius 3 is 1.38 bits per heavy atom. The number of nitrogens with zero attached hydrogens (tertiary/aromatic N) is 2. The third kappa shape index (κ3) is 5.52. The number of carbonyl (C=O) groups excluding carboxylic acids is 1. The topological polar surface area (TPSA) is 64.0 Å². The van der Waals surface area contributed by atoms with E-state index in [2.05, 4.69) is 0 Å². The monoisotopic (exact) mass is 480 g/mol. The third-order valence-corrected chi connectivity index (χ3v) is 7.00. The Balaban J connectivity index is 1.29. The average Bonchev–Trinajstić information content (AvgIpc) is 2.78. The van der Waals surface area contributed by atoms with Gasteiger partial charge >= 0.3 is 6.03 Å². The Kier molecular flexibility index (Phi) is 6.87. The number of benzene rings is 2. The molecule has 0 saturated carbocycles. The largest absolute Gasteiger partial charge is 0.389 e. The van der Waals surface area contributed by atoms with E-state index in [4.69, 9.17) is 0 Å². The lowest BCUT2D eigenvalue weighted by Crippen LogP contribution is -2.55. The van der Waals surface area contributed by atoms with Crippen LogP contribution in [0.2, 0.25) is 0 Å². The molecule has 2 saturated heterocycles. The molecular weight excluding hydrogens is 452 g/mol. The van der Waals surface area contributed by atoms with Crippen molar-refractivity contribution in [2.24, 2.45) is 0 Å². The smallest absolute Gasteiger partial charge is 0.320 e. The second kappa shape index (κ2) is 9.54. The van der Waals surface area contributed by atoms with Crippen molar-refractivity contribution in [3.8, 4) is 0 Å². The maximum atomic E-state index is 14.0. The van der Waals surface area contributed by atoms with Crippen LogP contribution in [0.3, 0.4) is 0 Å². The van der Waals surface area contributed by atoms with E-state index in [1.807, 2.05) is 0 Å². The highest BCUT2D eigenvalue weighted by molar-refractivity contribution is 5.74. The lowest BCUT2D eigenvalue weighted by Gasteiger charge is -2.43. The molecule has 2 amide bonds. The van der Waals surface area contributed by atoms with Gasteiger partial charge in [0.2, 0.25) is 0 Å². The number of carbonyl (C=O) groups is 1. The van der Waals surface area contributed by atoms with Gasteiger partial charge in [0.25, 0.3) is 0 Å². The molecule has 2 fully saturated rings. The fourth-order valence-electron chi connectivity index (χ4n) is 4.82. The number of halogens is 4. The van der Waals surface area contributed by atoms with Crippen LogP contribution in [0.25, 0.3) is 0 Å². The molecule has 0 aromatic heterocycles. The highest BCUT2D eigenvalue weighted by Gasteiger charge is 2.39. The first kappa shape index (κ1) is 24.5. The number of piperidine rings is 2. The highest BCUT2D eigenvalue weighted by Crippen LogP contribution is 2.31. The summed E-state index contributed by atoms with van der Waals surface area (Å²) < 4.78 is 54.2. The normalized spacial score (nSPS) is 19.8. The second-order valence-corrected chi connectivity index (χ2v) is 9.53. The van der Waals surface area contributed by atoms with Crippen LogP contribution >= 0.6 is 0 Å². The number of rotatable bonds is 4. The van der Waals surface area contributed by atoms with Gasteiger partial charge in [-0.05, 0) is 48.9 Å². The fourth-order valence-corrected chi connectivity index (χ4v) is 4.82. The predicted octanol–water partition coefficient (Wildman–Crippen LogP) is 3.80. The molecule has 2 aliphatic heterocycles. The molecule has 2 aromatic carbocycles. The van der Waals surface area contributed by atoms with Crippen molar-refractivity contribution in [1.82, 2.24) is 9.80 Å². The van der Waals surface area contributed by atoms with Gasteiger partial charge in [0.1, 0.15) is 23.3 Å². The summed E-state index contributed by atoms with van der Waals surface area (Å²) in [5.74, 6) is -2.75. The Morgan fingerprint density at radius 2 is 1.06 bits per heavy atom. The second-order valence-electron chi connectivity index (χ2n) is 9.53. The summed E-state index contributed by atoms with van der Waals surface area (Å²) in [4.78, 5) is 16.2. The van der Waals surface area contributed by atoms with Crippen molar-refractivity contribution in [3.05, 3.63) is 70.8 Å². The first-order valence-corrected chi connectivity index (χ1v) is 11.4. The van der Waals surface area contributed by atoms with E-state index >= 15 is 0 Å². The van der Waals surface area contributed by atoms with E-state index in [1.165, 1.54) is 12.1 Å². The molecule has 0 aliphatic carbocycles. The van der Waals surface area contributed by atoms with Crippen LogP contribution in [0.5, 0.6) is 0 Å². The van der Waals surface area contributed by atoms with E-state index in [1.54, 1.807) is 9.80 Å². The quantitative estimate of drug-likeness (QED) is 0.655. The summed E-state index contributed by atoms with van der Waals surface area (Å²) in [5.41, 5.74) is -1.90. The van der Waals surface area contributed by atoms with Gasteiger partial charge in [-0.3, -0.25) is 0 Å². The molecule has 2 heterocycles. The molecule has 2 aliphatic rings. The van der Waals surface area contributed by atoms with Gasteiger partial charge in [0.05, 0.1) is 11.2 Å². The molecule has 2 aromatic rings. The Morgan fingerprint density at radius 1 is 0.706 bits per heavy atom. The Labute approximate surface area is 195 Å². The number of hydrogen-bond donors (Lipinski definition) is 2. The van der Waals surface area contributed by atoms with E-state index in [-0.39, 0.29) is 55.7 Å². The van der Waals surface area contributed by atoms with Gasteiger partial charge in [-0.1, -0.05) is 12.1 Å². The number of likely N-dealkylation sites (tertiary alicyclic amines) is 2. The molecular formula is C25H28F4N2O3. The molecule has 9 heteroatoms. The van der Waals surface area contributed by atoms with Crippen LogP contribution in [-0.2, 0) is 12.8 Å². The average molecular weight is 481 g/mol. The minimum absolute atomic E-state index is 0.0395. The summed E-state index contributed by atoms with van der Waals surface area (Å²) in [7, 11) is 0. The molecule has 0 spiro atoms. The molecule has 4 rings (SSSR count). The van der Waals surface area contributed by atoms with Crippen molar-refractivity contribution in [2.75, 3.05) is 26.2 Å². The summed E-state index contributed by atoms with van der Waals surface area (Å²) >= 11 is 0. The van der Waals surface area contributed by atoms with E-state index in [0.29, 0.717) is 26.2 Å². The Hall–Kier alpha value is -2.65. The van der Waals surface area contributed by atoms with Gasteiger partial charge < -0.3 is 20.0 Å². The van der Waals surface area contributed by atoms with Crippen molar-refractivity contribution in [3.63, 3.8) is 0 Å². The van der Waals surface area contributed by atoms with Crippen LogP contribution in [0, 0.1) is 23.3 Å². The third-order valence-electron chi connectivity index (χ3n) is 7.00. The maximum Gasteiger partial charge on any atom is 0.320 e. The molecule has 0 bridgehead atoms. The maximum absolute atomic E-state index is 14.0. The van der Waals surface area contributed by atoms with Crippen LogP contribution in [0.1, 0.15) is 36.8 Å². The summed E-state index contributed by atoms with van der Waals surface area (Å²) in [5, 5.41) is 21.8. The van der Waals surface area contributed by atoms with Gasteiger partial charge in [0, 0.05) is 51.2 Å². The fraction of sp³-hybridized carbons (Fsp3) is 0.480. The first-order valence-electron chi connectivity index (χ1n) is 11.4. The molecule has 184 valence electrons. The van der Waals surface area contributed by atoms with Crippen LogP contribution < -0.4 is 0 Å². The van der Waals surface area contributed by atoms with Gasteiger partial charge in [0.15, 0.2) is 0 Å². The van der Waals surface area contributed by atoms with Crippen molar-refractivity contribution in [1.29, 1.82) is 0 Å². The molecule has 34 heavy (non-hydrogen) atoms. The molecule has 0 radical (unpaired) electrons. The zero-order valence-corrected chi connectivity index (χ0v) is 18.7. The zero-order valence-electron chi connectivity index (χ0n) is 18.7. The van der Waals surface area contributed by atoms with E-state index in [0.717, 1.165) is 24.3 Å². The van der Waals surface area contributed by atoms with Gasteiger partial charge in [-0.2, -0.15) is 0 Å². The van der Waals surface area contributed by atoms with Crippen molar-refractivity contribution < 1.29 is 32.6 Å². The minimum atomic E-state index is -1.18. The van der Waals surface area contributed by atoms with Crippen molar-refractivity contribution in [2.45, 2.75) is 49.7 Å². The first-order chi connectivity index (χ1) is 16.1. The zero-order chi connectivity index (χ0) is 24.5. The Bertz CT molecular complexity index is 967. The number of aliphatic hydroxyl groups is 2. The lowest BCUT2D eigenvalue weighted by atomic mass is 9.84. The van der Waals surface area contributed by atoms with E-state index < -0.39 is 34.5 Å². The molecule has 0 atom stereocenters. The standard InChI is InChI=1S/C25H28F4N2O3/c26-19-3-1-17(21(28)13-19)15-24(33)5-9-30(10-6-24)23(32)31-11-7-25(34,8-12-31)16-18-2-4-20(27)14-22(18)29/h1-4,13-14,33-34H,5-12,15-16H2. The highest BCUT2D eigenvalue weighted by atomic mass is 19.1. The number of hydrogen-bond acceptors (Lipinski definition) is 3. The minimum Gasteiger partial charge on any atom is -0.389 e. The van der Waals surface area contributed by atoms with Crippen LogP contribution in [-0.4, -0.2) is 63.4 Å². The SMILES string of the molecule is O=C(N1CCC(O)(Cc2ccc(F)cc2F)CC1)N1CCC(O)(Cc2ccc(F)cc2F)CC1. The summed E-state index contributed by atoms with van der Waals surface area (Å²) in [6, 6.07) is 6.34. The summed E-state index contributed by atoms with van der Waals surface area (Å²) in [6.07, 6.45) is 1.12. The number of urea groups is 1. The van der Waals surface area contributed by atoms with Crippen LogP contribution in [0.15, 0.2) is 36.4 Å². The van der Waals surface area contributed by atoms with Crippen LogP contribution in [0.4, 0.5) is 22.4 Å². The van der Waals surface area contributed by atoms with E-state index in [9.17, 15) is 32.6 Å². The molecule has 0 unspecified atom stereocenters. The van der Waals surface area contributed by atoms with Gasteiger partial charge in [-0.25, -0.2) is 22.4 Å².